The van der Waals surface area contributed by atoms with E-state index in [2.05, 4.69) is 26.1 Å². The van der Waals surface area contributed by atoms with Gasteiger partial charge in [-0.25, -0.2) is 0 Å². The molecule has 0 aliphatic carbocycles. The lowest BCUT2D eigenvalue weighted by atomic mass is 9.89. The number of hydrogen-bond acceptors (Lipinski definition) is 3. The molecule has 108 valence electrons. The van der Waals surface area contributed by atoms with Gasteiger partial charge in [-0.1, -0.05) is 28.1 Å². The van der Waals surface area contributed by atoms with Crippen molar-refractivity contribution >= 4 is 27.6 Å². The molecule has 4 nitrogen and oxygen atoms in total. The van der Waals surface area contributed by atoms with Crippen molar-refractivity contribution in [3.8, 4) is 0 Å². The van der Waals surface area contributed by atoms with Crippen molar-refractivity contribution in [3.05, 3.63) is 34.3 Å². The van der Waals surface area contributed by atoms with Crippen LogP contribution < -0.4 is 5.32 Å². The molecule has 1 amide bonds. The van der Waals surface area contributed by atoms with Gasteiger partial charge in [-0.15, -0.1) is 0 Å². The molecule has 0 saturated carbocycles. The topological polar surface area (TPSA) is 49.4 Å². The van der Waals surface area contributed by atoms with E-state index < -0.39 is 0 Å². The van der Waals surface area contributed by atoms with Crippen LogP contribution in [0.15, 0.2) is 28.7 Å². The largest absolute Gasteiger partial charge is 0.359 e. The quantitative estimate of drug-likeness (QED) is 0.855. The second-order valence-electron chi connectivity index (χ2n) is 5.53. The number of hydrogen-bond donors (Lipinski definition) is 1. The Morgan fingerprint density at radius 3 is 2.85 bits per heavy atom. The maximum absolute atomic E-state index is 12.2. The Balaban J connectivity index is 1.99. The highest BCUT2D eigenvalue weighted by molar-refractivity contribution is 9.10. The third-order valence-corrected chi connectivity index (χ3v) is 4.33. The molecular weight excluding hydrogens is 320 g/mol. The molecule has 0 spiro atoms. The highest BCUT2D eigenvalue weighted by Crippen LogP contribution is 2.30. The number of nitrogens with zero attached hydrogens (tertiary/aromatic N) is 1. The zero-order valence-electron chi connectivity index (χ0n) is 11.8. The molecular formula is C15H19BrN2O2. The summed E-state index contributed by atoms with van der Waals surface area (Å²) < 4.78 is 0.903. The molecule has 1 fully saturated rings. The van der Waals surface area contributed by atoms with E-state index in [9.17, 15) is 9.59 Å². The van der Waals surface area contributed by atoms with Crippen LogP contribution in [-0.4, -0.2) is 43.3 Å². The van der Waals surface area contributed by atoms with Gasteiger partial charge in [0.1, 0.15) is 0 Å². The van der Waals surface area contributed by atoms with Crippen molar-refractivity contribution in [1.82, 2.24) is 10.2 Å². The fourth-order valence-corrected chi connectivity index (χ4v) is 3.03. The van der Waals surface area contributed by atoms with Crippen molar-refractivity contribution in [2.75, 3.05) is 26.7 Å². The second-order valence-corrected chi connectivity index (χ2v) is 6.45. The first-order valence-electron chi connectivity index (χ1n) is 6.68. The van der Waals surface area contributed by atoms with E-state index >= 15 is 0 Å². The summed E-state index contributed by atoms with van der Waals surface area (Å²) in [6.07, 6.45) is 0.790. The molecule has 1 N–H and O–H groups in total. The van der Waals surface area contributed by atoms with Gasteiger partial charge >= 0.3 is 0 Å². The van der Waals surface area contributed by atoms with E-state index in [1.165, 1.54) is 0 Å². The summed E-state index contributed by atoms with van der Waals surface area (Å²) in [5.41, 5.74) is 0.319. The molecule has 0 radical (unpaired) electrons. The van der Waals surface area contributed by atoms with Crippen LogP contribution in [-0.2, 0) is 4.79 Å². The van der Waals surface area contributed by atoms with Crippen LogP contribution in [0.4, 0.5) is 0 Å². The summed E-state index contributed by atoms with van der Waals surface area (Å²) in [5, 5.41) is 2.70. The number of carbonyl (C=O) groups excluding carboxylic acids is 2. The van der Waals surface area contributed by atoms with Crippen LogP contribution in [0, 0.1) is 5.41 Å². The zero-order valence-corrected chi connectivity index (χ0v) is 13.4. The number of ketones is 1. The van der Waals surface area contributed by atoms with E-state index in [0.717, 1.165) is 17.4 Å². The Bertz CT molecular complexity index is 532. The number of benzene rings is 1. The van der Waals surface area contributed by atoms with Crippen LogP contribution >= 0.6 is 15.9 Å². The summed E-state index contributed by atoms with van der Waals surface area (Å²) in [6, 6.07) is 7.41. The van der Waals surface area contributed by atoms with Gasteiger partial charge < -0.3 is 5.32 Å². The molecule has 1 unspecified atom stereocenters. The lowest BCUT2D eigenvalue weighted by Gasteiger charge is -2.22. The van der Waals surface area contributed by atoms with Gasteiger partial charge in [-0.05, 0) is 32.0 Å². The number of carbonyl (C=O) groups is 2. The number of Topliss-reactive ketones (excluding diaryl/α,β-unsaturated/α-hetero) is 1. The van der Waals surface area contributed by atoms with Crippen molar-refractivity contribution < 1.29 is 9.59 Å². The number of likely N-dealkylation sites (tertiary alicyclic amines) is 1. The average molecular weight is 339 g/mol. The predicted molar refractivity (Wildman–Crippen MR) is 81.7 cm³/mol. The summed E-state index contributed by atoms with van der Waals surface area (Å²) in [6.45, 7) is 3.73. The third kappa shape index (κ3) is 3.27. The standard InChI is InChI=1S/C15H19BrN2O2/c1-15(14(20)17-2)6-7-18(10-15)9-13(19)11-4-3-5-12(16)8-11/h3-5,8H,6-7,9-10H2,1-2H3,(H,17,20). The SMILES string of the molecule is CNC(=O)C1(C)CCN(CC(=O)c2cccc(Br)c2)C1. The van der Waals surface area contributed by atoms with Crippen molar-refractivity contribution in [1.29, 1.82) is 0 Å². The Morgan fingerprint density at radius 1 is 1.45 bits per heavy atom. The van der Waals surface area contributed by atoms with Crippen molar-refractivity contribution in [2.24, 2.45) is 5.41 Å². The zero-order chi connectivity index (χ0) is 14.8. The molecule has 1 aromatic carbocycles. The van der Waals surface area contributed by atoms with Crippen LogP contribution in [0.1, 0.15) is 23.7 Å². The summed E-state index contributed by atoms with van der Waals surface area (Å²) >= 11 is 3.37. The van der Waals surface area contributed by atoms with Gasteiger partial charge in [-0.3, -0.25) is 14.5 Å². The summed E-state index contributed by atoms with van der Waals surface area (Å²) in [4.78, 5) is 26.1. The Labute approximate surface area is 127 Å². The van der Waals surface area contributed by atoms with E-state index in [4.69, 9.17) is 0 Å². The van der Waals surface area contributed by atoms with Crippen LogP contribution in [0.3, 0.4) is 0 Å². The molecule has 1 aliphatic heterocycles. The molecule has 2 rings (SSSR count). The van der Waals surface area contributed by atoms with Gasteiger partial charge in [0.05, 0.1) is 12.0 Å². The van der Waals surface area contributed by atoms with E-state index in [1.807, 2.05) is 31.2 Å². The first-order valence-corrected chi connectivity index (χ1v) is 7.47. The number of rotatable bonds is 4. The predicted octanol–water partition coefficient (Wildman–Crippen LogP) is 2.09. The van der Waals surface area contributed by atoms with Crippen molar-refractivity contribution in [2.45, 2.75) is 13.3 Å². The van der Waals surface area contributed by atoms with E-state index in [1.54, 1.807) is 7.05 Å². The highest BCUT2D eigenvalue weighted by atomic mass is 79.9. The molecule has 1 aromatic rings. The van der Waals surface area contributed by atoms with Crippen molar-refractivity contribution in [3.63, 3.8) is 0 Å². The fourth-order valence-electron chi connectivity index (χ4n) is 2.63. The minimum absolute atomic E-state index is 0.0508. The van der Waals surface area contributed by atoms with Gasteiger partial charge in [0.2, 0.25) is 5.91 Å². The second kappa shape index (κ2) is 6.06. The first kappa shape index (κ1) is 15.2. The van der Waals surface area contributed by atoms with E-state index in [-0.39, 0.29) is 17.1 Å². The summed E-state index contributed by atoms with van der Waals surface area (Å²) in [7, 11) is 1.66. The lowest BCUT2D eigenvalue weighted by Crippen LogP contribution is -2.40. The maximum atomic E-state index is 12.2. The number of amides is 1. The lowest BCUT2D eigenvalue weighted by molar-refractivity contribution is -0.129. The molecule has 1 aliphatic rings. The Kier molecular flexibility index (Phi) is 4.60. The van der Waals surface area contributed by atoms with Crippen LogP contribution in [0.2, 0.25) is 0 Å². The summed E-state index contributed by atoms with van der Waals surface area (Å²) in [5.74, 6) is 0.141. The molecule has 0 aromatic heterocycles. The Hall–Kier alpha value is -1.20. The third-order valence-electron chi connectivity index (χ3n) is 3.84. The smallest absolute Gasteiger partial charge is 0.227 e. The van der Waals surface area contributed by atoms with E-state index in [0.29, 0.717) is 18.7 Å². The minimum Gasteiger partial charge on any atom is -0.359 e. The molecule has 1 saturated heterocycles. The fraction of sp³-hybridized carbons (Fsp3) is 0.467. The molecule has 20 heavy (non-hydrogen) atoms. The van der Waals surface area contributed by atoms with Gasteiger partial charge in [0.15, 0.2) is 5.78 Å². The normalized spacial score (nSPS) is 22.8. The van der Waals surface area contributed by atoms with Gasteiger partial charge in [0, 0.05) is 23.6 Å². The molecule has 1 atom stereocenters. The molecule has 1 heterocycles. The number of halogens is 1. The molecule has 0 bridgehead atoms. The maximum Gasteiger partial charge on any atom is 0.227 e. The average Bonchev–Trinajstić information content (AvgIpc) is 2.80. The van der Waals surface area contributed by atoms with Gasteiger partial charge in [-0.2, -0.15) is 0 Å². The highest BCUT2D eigenvalue weighted by Gasteiger charge is 2.40. The molecule has 5 heteroatoms. The van der Waals surface area contributed by atoms with Crippen LogP contribution in [0.25, 0.3) is 0 Å². The number of nitrogens with one attached hydrogen (secondary N) is 1. The first-order chi connectivity index (χ1) is 9.44. The monoisotopic (exact) mass is 338 g/mol. The van der Waals surface area contributed by atoms with Gasteiger partial charge in [0.25, 0.3) is 0 Å². The minimum atomic E-state index is -0.383. The Morgan fingerprint density at radius 2 is 2.20 bits per heavy atom. The van der Waals surface area contributed by atoms with Crippen LogP contribution in [0.5, 0.6) is 0 Å².